The van der Waals surface area contributed by atoms with E-state index in [4.69, 9.17) is 9.47 Å². The van der Waals surface area contributed by atoms with Crippen molar-refractivity contribution in [2.45, 2.75) is 19.4 Å². The fourth-order valence-corrected chi connectivity index (χ4v) is 4.19. The Hall–Kier alpha value is -4.46. The summed E-state index contributed by atoms with van der Waals surface area (Å²) in [7, 11) is 0. The monoisotopic (exact) mass is 472 g/mol. The van der Waals surface area contributed by atoms with Gasteiger partial charge >= 0.3 is 12.1 Å². The van der Waals surface area contributed by atoms with Gasteiger partial charge in [0.2, 0.25) is 6.54 Å². The van der Waals surface area contributed by atoms with Gasteiger partial charge in [-0.1, -0.05) is 78.9 Å². The zero-order valence-corrected chi connectivity index (χ0v) is 19.1. The molecule has 0 spiro atoms. The number of para-hydroxylation sites is 1. The maximum absolute atomic E-state index is 13.6. The van der Waals surface area contributed by atoms with Crippen molar-refractivity contribution >= 4 is 23.4 Å². The van der Waals surface area contributed by atoms with E-state index in [-0.39, 0.29) is 24.5 Å². The van der Waals surface area contributed by atoms with Gasteiger partial charge in [0, 0.05) is 4.92 Å². The van der Waals surface area contributed by atoms with Crippen molar-refractivity contribution in [2.24, 2.45) is 0 Å². The molecule has 0 N–H and O–H groups in total. The predicted molar refractivity (Wildman–Crippen MR) is 130 cm³/mol. The standard InChI is InChI=1S/C27H24N2O6/c1-2-34-26(30)24-22(17-28(32)33)21-15-9-10-16-23(21)29(25(24)20-13-7-4-8-14-20)27(31)35-18-19-11-5-3-6-12-19/h3-16,22H,2,17-18H2,1H3/t22-/m1/s1. The second-order valence-corrected chi connectivity index (χ2v) is 7.85. The molecular weight excluding hydrogens is 448 g/mol. The molecule has 1 atom stereocenters. The number of esters is 1. The van der Waals surface area contributed by atoms with Gasteiger partial charge in [-0.2, -0.15) is 0 Å². The first kappa shape index (κ1) is 23.7. The van der Waals surface area contributed by atoms with E-state index >= 15 is 0 Å². The van der Waals surface area contributed by atoms with Gasteiger partial charge in [0.25, 0.3) is 0 Å². The minimum absolute atomic E-state index is 0.0213. The van der Waals surface area contributed by atoms with Crippen LogP contribution in [0, 0.1) is 10.1 Å². The number of carbonyl (C=O) groups excluding carboxylic acids is 2. The van der Waals surface area contributed by atoms with Crippen molar-refractivity contribution in [2.75, 3.05) is 18.1 Å². The third-order valence-corrected chi connectivity index (χ3v) is 5.64. The topological polar surface area (TPSA) is 99.0 Å². The van der Waals surface area contributed by atoms with E-state index in [1.807, 2.05) is 30.3 Å². The summed E-state index contributed by atoms with van der Waals surface area (Å²) in [6.07, 6.45) is -0.707. The van der Waals surface area contributed by atoms with E-state index in [2.05, 4.69) is 0 Å². The second kappa shape index (κ2) is 10.6. The highest BCUT2D eigenvalue weighted by Crippen LogP contribution is 2.45. The Kier molecular flexibility index (Phi) is 7.21. The lowest BCUT2D eigenvalue weighted by atomic mass is 9.83. The largest absolute Gasteiger partial charge is 0.463 e. The predicted octanol–water partition coefficient (Wildman–Crippen LogP) is 5.18. The fraction of sp³-hybridized carbons (Fsp3) is 0.185. The summed E-state index contributed by atoms with van der Waals surface area (Å²) in [4.78, 5) is 39.3. The van der Waals surface area contributed by atoms with E-state index in [0.29, 0.717) is 16.8 Å². The Bertz CT molecular complexity index is 1260. The number of benzene rings is 3. The molecule has 8 nitrogen and oxygen atoms in total. The van der Waals surface area contributed by atoms with Crippen LogP contribution < -0.4 is 4.90 Å². The molecule has 0 radical (unpaired) electrons. The lowest BCUT2D eigenvalue weighted by Crippen LogP contribution is -2.38. The molecule has 0 bridgehead atoms. The van der Waals surface area contributed by atoms with Crippen LogP contribution in [-0.4, -0.2) is 30.1 Å². The number of carbonyl (C=O) groups is 2. The zero-order valence-electron chi connectivity index (χ0n) is 19.1. The number of nitrogens with zero attached hydrogens (tertiary/aromatic N) is 2. The maximum atomic E-state index is 13.6. The minimum atomic E-state index is -0.909. The fourth-order valence-electron chi connectivity index (χ4n) is 4.19. The molecule has 0 aromatic heterocycles. The van der Waals surface area contributed by atoms with Crippen molar-refractivity contribution in [1.29, 1.82) is 0 Å². The third kappa shape index (κ3) is 5.06. The van der Waals surface area contributed by atoms with E-state index < -0.39 is 29.4 Å². The number of nitro groups is 1. The number of hydrogen-bond acceptors (Lipinski definition) is 6. The molecule has 3 aromatic rings. The van der Waals surface area contributed by atoms with Gasteiger partial charge < -0.3 is 9.47 Å². The van der Waals surface area contributed by atoms with E-state index in [1.54, 1.807) is 61.5 Å². The molecule has 1 aliphatic heterocycles. The molecule has 4 rings (SSSR count). The highest BCUT2D eigenvalue weighted by Gasteiger charge is 2.42. The Morgan fingerprint density at radius 1 is 0.914 bits per heavy atom. The number of rotatable bonds is 7. The molecule has 3 aromatic carbocycles. The van der Waals surface area contributed by atoms with Crippen molar-refractivity contribution < 1.29 is 24.0 Å². The Morgan fingerprint density at radius 3 is 2.20 bits per heavy atom. The van der Waals surface area contributed by atoms with Gasteiger partial charge in [-0.05, 0) is 29.7 Å². The third-order valence-electron chi connectivity index (χ3n) is 5.64. The average Bonchev–Trinajstić information content (AvgIpc) is 2.88. The van der Waals surface area contributed by atoms with Gasteiger partial charge in [-0.3, -0.25) is 10.1 Å². The summed E-state index contributed by atoms with van der Waals surface area (Å²) in [5.41, 5.74) is 2.49. The van der Waals surface area contributed by atoms with Crippen molar-refractivity contribution in [3.63, 3.8) is 0 Å². The number of anilines is 1. The van der Waals surface area contributed by atoms with Crippen LogP contribution in [-0.2, 0) is 20.9 Å². The molecule has 1 aliphatic rings. The molecular formula is C27H24N2O6. The maximum Gasteiger partial charge on any atom is 0.419 e. The quantitative estimate of drug-likeness (QED) is 0.267. The van der Waals surface area contributed by atoms with Crippen LogP contribution in [0.3, 0.4) is 0 Å². The molecule has 178 valence electrons. The molecule has 0 saturated heterocycles. The summed E-state index contributed by atoms with van der Waals surface area (Å²) < 4.78 is 11.0. The van der Waals surface area contributed by atoms with Crippen LogP contribution in [0.1, 0.15) is 29.5 Å². The van der Waals surface area contributed by atoms with E-state index in [1.165, 1.54) is 4.90 Å². The van der Waals surface area contributed by atoms with Crippen molar-refractivity contribution in [3.8, 4) is 0 Å². The zero-order chi connectivity index (χ0) is 24.8. The molecule has 0 saturated carbocycles. The van der Waals surface area contributed by atoms with Crippen LogP contribution >= 0.6 is 0 Å². The van der Waals surface area contributed by atoms with Crippen molar-refractivity contribution in [3.05, 3.63) is 117 Å². The lowest BCUT2D eigenvalue weighted by molar-refractivity contribution is -0.481. The number of ether oxygens (including phenoxy) is 2. The molecule has 8 heteroatoms. The number of fused-ring (bicyclic) bond motifs is 1. The number of hydrogen-bond donors (Lipinski definition) is 0. The molecule has 0 fully saturated rings. The summed E-state index contributed by atoms with van der Waals surface area (Å²) >= 11 is 0. The first-order chi connectivity index (χ1) is 17.0. The van der Waals surface area contributed by atoms with E-state index in [0.717, 1.165) is 5.56 Å². The first-order valence-electron chi connectivity index (χ1n) is 11.2. The van der Waals surface area contributed by atoms with Crippen LogP contribution in [0.4, 0.5) is 10.5 Å². The Balaban J connectivity index is 1.90. The van der Waals surface area contributed by atoms with Gasteiger partial charge in [0.1, 0.15) is 6.61 Å². The van der Waals surface area contributed by atoms with E-state index in [9.17, 15) is 19.7 Å². The van der Waals surface area contributed by atoms with Crippen LogP contribution in [0.2, 0.25) is 0 Å². The van der Waals surface area contributed by atoms with Crippen molar-refractivity contribution in [1.82, 2.24) is 0 Å². The van der Waals surface area contributed by atoms with Crippen LogP contribution in [0.15, 0.2) is 90.5 Å². The highest BCUT2D eigenvalue weighted by atomic mass is 16.6. The summed E-state index contributed by atoms with van der Waals surface area (Å²) in [5, 5.41) is 11.6. The Labute approximate surface area is 202 Å². The molecule has 1 amide bonds. The average molecular weight is 472 g/mol. The molecule has 1 heterocycles. The minimum Gasteiger partial charge on any atom is -0.463 e. The smallest absolute Gasteiger partial charge is 0.419 e. The van der Waals surface area contributed by atoms with Crippen LogP contribution in [0.25, 0.3) is 5.70 Å². The van der Waals surface area contributed by atoms with Crippen LogP contribution in [0.5, 0.6) is 0 Å². The molecule has 0 aliphatic carbocycles. The molecule has 0 unspecified atom stereocenters. The van der Waals surface area contributed by atoms with Gasteiger partial charge in [-0.15, -0.1) is 0 Å². The molecule has 35 heavy (non-hydrogen) atoms. The second-order valence-electron chi connectivity index (χ2n) is 7.85. The summed E-state index contributed by atoms with van der Waals surface area (Å²) in [5.74, 6) is -1.62. The van der Waals surface area contributed by atoms with Gasteiger partial charge in [0.05, 0.1) is 29.5 Å². The summed E-state index contributed by atoms with van der Waals surface area (Å²) in [6.45, 7) is 1.23. The summed E-state index contributed by atoms with van der Waals surface area (Å²) in [6, 6.07) is 24.9. The first-order valence-corrected chi connectivity index (χ1v) is 11.2. The normalized spacial score (nSPS) is 14.8. The number of amides is 1. The Morgan fingerprint density at radius 2 is 1.54 bits per heavy atom. The van der Waals surface area contributed by atoms with Gasteiger partial charge in [0.15, 0.2) is 0 Å². The SMILES string of the molecule is CCOC(=O)C1=C(c2ccccc2)N(C(=O)OCc2ccccc2)c2ccccc2[C@H]1C[N+](=O)[O-]. The van der Waals surface area contributed by atoms with Gasteiger partial charge in [-0.25, -0.2) is 14.5 Å². The lowest BCUT2D eigenvalue weighted by Gasteiger charge is -2.35. The highest BCUT2D eigenvalue weighted by molar-refractivity contribution is 6.13.